The molecule has 3 rings (SSSR count). The lowest BCUT2D eigenvalue weighted by Crippen LogP contribution is -2.14. The van der Waals surface area contributed by atoms with Crippen LogP contribution in [0.15, 0.2) is 12.3 Å². The summed E-state index contributed by atoms with van der Waals surface area (Å²) in [6, 6.07) is 1.59. The minimum Gasteiger partial charge on any atom is -0.383 e. The van der Waals surface area contributed by atoms with E-state index in [0.717, 1.165) is 36.8 Å². The molecule has 2 aromatic heterocycles. The van der Waals surface area contributed by atoms with Crippen molar-refractivity contribution in [3.05, 3.63) is 23.5 Å². The van der Waals surface area contributed by atoms with Crippen molar-refractivity contribution in [2.75, 3.05) is 5.73 Å². The van der Waals surface area contributed by atoms with Crippen LogP contribution in [0.3, 0.4) is 0 Å². The molecule has 0 aromatic carbocycles. The van der Waals surface area contributed by atoms with Crippen LogP contribution in [0.2, 0.25) is 0 Å². The van der Waals surface area contributed by atoms with Gasteiger partial charge in [-0.25, -0.2) is 0 Å². The molecular weight excluding hydrogens is 295 g/mol. The zero-order valence-corrected chi connectivity index (χ0v) is 12.3. The number of alkyl halides is 3. The molecule has 2 aromatic rings. The van der Waals surface area contributed by atoms with E-state index in [-0.39, 0.29) is 17.3 Å². The van der Waals surface area contributed by atoms with Crippen molar-refractivity contribution in [1.82, 2.24) is 19.6 Å². The Morgan fingerprint density at radius 3 is 2.41 bits per heavy atom. The molecule has 8 heteroatoms. The van der Waals surface area contributed by atoms with Gasteiger partial charge in [0.25, 0.3) is 0 Å². The topological polar surface area (TPSA) is 61.7 Å². The van der Waals surface area contributed by atoms with Crippen LogP contribution < -0.4 is 5.73 Å². The van der Waals surface area contributed by atoms with Gasteiger partial charge in [-0.15, -0.1) is 0 Å². The maximum absolute atomic E-state index is 13.4. The van der Waals surface area contributed by atoms with Crippen molar-refractivity contribution in [3.63, 3.8) is 0 Å². The number of nitrogen functional groups attached to an aromatic ring is 1. The molecule has 0 atom stereocenters. The van der Waals surface area contributed by atoms with Crippen molar-refractivity contribution >= 4 is 5.82 Å². The molecule has 2 heterocycles. The Bertz CT molecular complexity index is 665. The molecule has 1 aliphatic rings. The predicted octanol–water partition coefficient (Wildman–Crippen LogP) is 3.25. The van der Waals surface area contributed by atoms with E-state index >= 15 is 0 Å². The molecule has 0 radical (unpaired) electrons. The third-order valence-corrected chi connectivity index (χ3v) is 4.16. The van der Waals surface area contributed by atoms with E-state index in [1.165, 1.54) is 4.68 Å². The molecule has 0 aliphatic heterocycles. The first kappa shape index (κ1) is 14.9. The second-order valence-corrected chi connectivity index (χ2v) is 5.74. The van der Waals surface area contributed by atoms with Gasteiger partial charge in [-0.2, -0.15) is 28.1 Å². The van der Waals surface area contributed by atoms with Gasteiger partial charge >= 0.3 is 6.18 Å². The average molecular weight is 313 g/mol. The Morgan fingerprint density at radius 2 is 1.86 bits per heavy atom. The fraction of sp³-hybridized carbons (Fsp3) is 0.571. The van der Waals surface area contributed by atoms with Crippen molar-refractivity contribution in [1.29, 1.82) is 0 Å². The second kappa shape index (κ2) is 5.33. The van der Waals surface area contributed by atoms with Gasteiger partial charge in [0.05, 0.1) is 0 Å². The van der Waals surface area contributed by atoms with E-state index in [4.69, 9.17) is 5.73 Å². The maximum atomic E-state index is 13.4. The molecule has 1 fully saturated rings. The van der Waals surface area contributed by atoms with E-state index < -0.39 is 11.9 Å². The van der Waals surface area contributed by atoms with E-state index in [2.05, 4.69) is 10.2 Å². The molecule has 120 valence electrons. The molecule has 2 N–H and O–H groups in total. The Kier molecular flexibility index (Phi) is 3.62. The predicted molar refractivity (Wildman–Crippen MR) is 75.6 cm³/mol. The first-order valence-electron chi connectivity index (χ1n) is 7.33. The lowest BCUT2D eigenvalue weighted by molar-refractivity contribution is -0.142. The molecule has 0 bridgehead atoms. The highest BCUT2D eigenvalue weighted by molar-refractivity contribution is 5.51. The molecular formula is C14H18F3N5. The summed E-state index contributed by atoms with van der Waals surface area (Å²) >= 11 is 0. The summed E-state index contributed by atoms with van der Waals surface area (Å²) in [5.74, 6) is 0.174. The first-order chi connectivity index (χ1) is 10.4. The number of aromatic nitrogens is 4. The lowest BCUT2D eigenvalue weighted by Gasteiger charge is -2.22. The Hall–Kier alpha value is -1.99. The summed E-state index contributed by atoms with van der Waals surface area (Å²) in [4.78, 5) is 0. The average Bonchev–Trinajstić information content (AvgIpc) is 3.03. The SMILES string of the molecule is Cn1ccc(-n2nc(C(F)(F)F)c(C3CCCCC3)c2N)n1. The van der Waals surface area contributed by atoms with Crippen LogP contribution >= 0.6 is 0 Å². The van der Waals surface area contributed by atoms with Crippen LogP contribution in [0.4, 0.5) is 19.0 Å². The largest absolute Gasteiger partial charge is 0.435 e. The number of nitrogens with zero attached hydrogens (tertiary/aromatic N) is 4. The van der Waals surface area contributed by atoms with Crippen LogP contribution in [-0.2, 0) is 13.2 Å². The highest BCUT2D eigenvalue weighted by Crippen LogP contribution is 2.43. The number of hydrogen-bond donors (Lipinski definition) is 1. The normalized spacial score (nSPS) is 17.1. The number of halogens is 3. The summed E-state index contributed by atoms with van der Waals surface area (Å²) in [6.45, 7) is 0. The first-order valence-corrected chi connectivity index (χ1v) is 7.33. The molecule has 22 heavy (non-hydrogen) atoms. The number of aryl methyl sites for hydroxylation is 1. The van der Waals surface area contributed by atoms with Crippen molar-refractivity contribution in [2.45, 2.75) is 44.2 Å². The van der Waals surface area contributed by atoms with Gasteiger partial charge in [0.2, 0.25) is 0 Å². The highest BCUT2D eigenvalue weighted by Gasteiger charge is 2.41. The van der Waals surface area contributed by atoms with E-state index in [1.807, 2.05) is 0 Å². The van der Waals surface area contributed by atoms with Crippen LogP contribution in [0.25, 0.3) is 5.82 Å². The Labute approximate surface area is 125 Å². The van der Waals surface area contributed by atoms with Crippen molar-refractivity contribution in [2.24, 2.45) is 7.05 Å². The maximum Gasteiger partial charge on any atom is 0.435 e. The third kappa shape index (κ3) is 2.57. The second-order valence-electron chi connectivity index (χ2n) is 5.74. The van der Waals surface area contributed by atoms with E-state index in [9.17, 15) is 13.2 Å². The van der Waals surface area contributed by atoms with Gasteiger partial charge in [-0.1, -0.05) is 19.3 Å². The van der Waals surface area contributed by atoms with Gasteiger partial charge in [0, 0.05) is 24.9 Å². The summed E-state index contributed by atoms with van der Waals surface area (Å²) in [5.41, 5.74) is 5.29. The van der Waals surface area contributed by atoms with Gasteiger partial charge in [0.15, 0.2) is 11.5 Å². The molecule has 1 aliphatic carbocycles. The zero-order valence-electron chi connectivity index (χ0n) is 12.3. The minimum atomic E-state index is -4.51. The van der Waals surface area contributed by atoms with Gasteiger partial charge in [0.1, 0.15) is 5.82 Å². The van der Waals surface area contributed by atoms with Crippen molar-refractivity contribution in [3.8, 4) is 5.82 Å². The highest BCUT2D eigenvalue weighted by atomic mass is 19.4. The monoisotopic (exact) mass is 313 g/mol. The lowest BCUT2D eigenvalue weighted by atomic mass is 9.83. The van der Waals surface area contributed by atoms with Crippen LogP contribution in [-0.4, -0.2) is 19.6 Å². The molecule has 1 saturated carbocycles. The number of anilines is 1. The van der Waals surface area contributed by atoms with Gasteiger partial charge in [-0.3, -0.25) is 4.68 Å². The molecule has 5 nitrogen and oxygen atoms in total. The minimum absolute atomic E-state index is 0.0536. The fourth-order valence-electron chi connectivity index (χ4n) is 3.14. The molecule has 0 spiro atoms. The third-order valence-electron chi connectivity index (χ3n) is 4.16. The fourth-order valence-corrected chi connectivity index (χ4v) is 3.14. The Balaban J connectivity index is 2.12. The van der Waals surface area contributed by atoms with E-state index in [0.29, 0.717) is 5.82 Å². The number of rotatable bonds is 2. The van der Waals surface area contributed by atoms with Gasteiger partial charge < -0.3 is 5.73 Å². The number of hydrogen-bond acceptors (Lipinski definition) is 3. The van der Waals surface area contributed by atoms with Crippen LogP contribution in [0.5, 0.6) is 0 Å². The summed E-state index contributed by atoms with van der Waals surface area (Å²) in [7, 11) is 1.69. The zero-order chi connectivity index (χ0) is 15.9. The Morgan fingerprint density at radius 1 is 1.18 bits per heavy atom. The van der Waals surface area contributed by atoms with E-state index in [1.54, 1.807) is 19.3 Å². The molecule has 0 unspecified atom stereocenters. The van der Waals surface area contributed by atoms with Gasteiger partial charge in [-0.05, 0) is 18.8 Å². The molecule has 0 amide bonds. The standard InChI is InChI=1S/C14H18F3N5/c1-21-8-7-10(19-21)22-13(18)11(9-5-3-2-4-6-9)12(20-22)14(15,16)17/h7-9H,2-6,18H2,1H3. The number of nitrogens with two attached hydrogens (primary N) is 1. The summed E-state index contributed by atoms with van der Waals surface area (Å²) < 4.78 is 42.7. The van der Waals surface area contributed by atoms with Crippen LogP contribution in [0, 0.1) is 0 Å². The quantitative estimate of drug-likeness (QED) is 0.925. The summed E-state index contributed by atoms with van der Waals surface area (Å²) in [6.07, 6.45) is 1.49. The van der Waals surface area contributed by atoms with Crippen LogP contribution in [0.1, 0.15) is 49.3 Å². The molecule has 0 saturated heterocycles. The smallest absolute Gasteiger partial charge is 0.383 e. The summed E-state index contributed by atoms with van der Waals surface area (Å²) in [5, 5.41) is 7.82. The van der Waals surface area contributed by atoms with Crippen molar-refractivity contribution < 1.29 is 13.2 Å².